The Morgan fingerprint density at radius 3 is 2.93 bits per heavy atom. The maximum atomic E-state index is 12.4. The number of hydrogen-bond acceptors (Lipinski definition) is 4. The summed E-state index contributed by atoms with van der Waals surface area (Å²) in [5, 5.41) is 2.92. The molecule has 3 N–H and O–H groups in total. The average molecular weight is 365 g/mol. The van der Waals surface area contributed by atoms with Gasteiger partial charge < -0.3 is 15.3 Å². The highest BCUT2D eigenvalue weighted by atomic mass is 16.1. The number of anilines is 1. The van der Waals surface area contributed by atoms with E-state index in [0.717, 1.165) is 30.6 Å². The lowest BCUT2D eigenvalue weighted by Crippen LogP contribution is -2.36. The first-order valence-electron chi connectivity index (χ1n) is 9.36. The van der Waals surface area contributed by atoms with Gasteiger partial charge in [0.2, 0.25) is 5.91 Å². The van der Waals surface area contributed by atoms with Gasteiger partial charge in [-0.1, -0.05) is 12.5 Å². The third-order valence-corrected chi connectivity index (χ3v) is 5.07. The topological polar surface area (TPSA) is 93.9 Å². The zero-order chi connectivity index (χ0) is 18.6. The Kier molecular flexibility index (Phi) is 5.02. The van der Waals surface area contributed by atoms with Crippen LogP contribution in [0.3, 0.4) is 0 Å². The van der Waals surface area contributed by atoms with Gasteiger partial charge in [-0.05, 0) is 49.7 Å². The van der Waals surface area contributed by atoms with Crippen LogP contribution in [0.25, 0.3) is 11.0 Å². The Morgan fingerprint density at radius 2 is 2.07 bits per heavy atom. The Labute approximate surface area is 156 Å². The fourth-order valence-corrected chi connectivity index (χ4v) is 3.75. The molecule has 4 rings (SSSR count). The number of benzene rings is 1. The number of pyridine rings is 1. The molecular formula is C20H23N5O2. The molecule has 0 spiro atoms. The molecule has 1 aliphatic rings. The molecule has 140 valence electrons. The van der Waals surface area contributed by atoms with E-state index in [9.17, 15) is 9.59 Å². The Morgan fingerprint density at radius 1 is 1.19 bits per heavy atom. The number of rotatable bonds is 5. The first-order chi connectivity index (χ1) is 13.2. The summed E-state index contributed by atoms with van der Waals surface area (Å²) < 4.78 is 0. The minimum atomic E-state index is -0.251. The number of nitrogens with one attached hydrogen (secondary N) is 3. The van der Waals surface area contributed by atoms with E-state index in [1.165, 1.54) is 6.42 Å². The van der Waals surface area contributed by atoms with Gasteiger partial charge in [-0.2, -0.15) is 0 Å². The van der Waals surface area contributed by atoms with Crippen LogP contribution in [0.2, 0.25) is 0 Å². The molecule has 1 amide bonds. The maximum absolute atomic E-state index is 12.4. The van der Waals surface area contributed by atoms with Crippen LogP contribution < -0.4 is 11.0 Å². The van der Waals surface area contributed by atoms with E-state index in [-0.39, 0.29) is 17.6 Å². The van der Waals surface area contributed by atoms with Gasteiger partial charge in [0.25, 0.3) is 0 Å². The largest absolute Gasteiger partial charge is 0.326 e. The number of aromatic amines is 2. The minimum absolute atomic E-state index is 0.0300. The molecule has 1 fully saturated rings. The summed E-state index contributed by atoms with van der Waals surface area (Å²) in [6.07, 6.45) is 5.68. The smallest absolute Gasteiger partial charge is 0.323 e. The number of hydrogen-bond donors (Lipinski definition) is 3. The van der Waals surface area contributed by atoms with Crippen LogP contribution in [0, 0.1) is 0 Å². The summed E-state index contributed by atoms with van der Waals surface area (Å²) >= 11 is 0. The highest BCUT2D eigenvalue weighted by molar-refractivity contribution is 5.93. The summed E-state index contributed by atoms with van der Waals surface area (Å²) in [4.78, 5) is 36.0. The van der Waals surface area contributed by atoms with Crippen molar-refractivity contribution in [2.24, 2.45) is 0 Å². The van der Waals surface area contributed by atoms with Gasteiger partial charge in [-0.15, -0.1) is 0 Å². The van der Waals surface area contributed by atoms with Crippen molar-refractivity contribution in [2.75, 3.05) is 18.4 Å². The minimum Gasteiger partial charge on any atom is -0.326 e. The quantitative estimate of drug-likeness (QED) is 0.648. The number of likely N-dealkylation sites (tertiary alicyclic amines) is 1. The SMILES string of the molecule is O=C(CCN1CCCC[C@H]1c1ccccn1)Nc1ccc2[nH]c(=O)[nH]c2c1. The number of nitrogens with zero attached hydrogens (tertiary/aromatic N) is 2. The second-order valence-electron chi connectivity index (χ2n) is 6.94. The van der Waals surface area contributed by atoms with Crippen molar-refractivity contribution in [1.82, 2.24) is 19.9 Å². The Bertz CT molecular complexity index is 979. The van der Waals surface area contributed by atoms with Crippen LogP contribution in [0.1, 0.15) is 37.4 Å². The zero-order valence-electron chi connectivity index (χ0n) is 15.1. The molecule has 3 heterocycles. The second kappa shape index (κ2) is 7.75. The van der Waals surface area contributed by atoms with Crippen LogP contribution in [0.5, 0.6) is 0 Å². The van der Waals surface area contributed by atoms with Gasteiger partial charge in [0, 0.05) is 24.8 Å². The maximum Gasteiger partial charge on any atom is 0.323 e. The highest BCUT2D eigenvalue weighted by Crippen LogP contribution is 2.29. The van der Waals surface area contributed by atoms with Gasteiger partial charge >= 0.3 is 5.69 Å². The third-order valence-electron chi connectivity index (χ3n) is 5.07. The van der Waals surface area contributed by atoms with Gasteiger partial charge in [-0.25, -0.2) is 4.79 Å². The molecule has 1 aliphatic heterocycles. The first kappa shape index (κ1) is 17.5. The molecule has 7 heteroatoms. The summed E-state index contributed by atoms with van der Waals surface area (Å²) in [7, 11) is 0. The van der Waals surface area contributed by atoms with E-state index in [1.807, 2.05) is 18.3 Å². The number of carbonyl (C=O) groups is 1. The summed E-state index contributed by atoms with van der Waals surface area (Å²) in [5.74, 6) is -0.0300. The molecular weight excluding hydrogens is 342 g/mol. The highest BCUT2D eigenvalue weighted by Gasteiger charge is 2.25. The van der Waals surface area contributed by atoms with Gasteiger partial charge in [0.15, 0.2) is 0 Å². The van der Waals surface area contributed by atoms with Crippen molar-refractivity contribution < 1.29 is 4.79 Å². The molecule has 1 atom stereocenters. The number of H-pyrrole nitrogens is 2. The lowest BCUT2D eigenvalue weighted by molar-refractivity contribution is -0.116. The van der Waals surface area contributed by atoms with E-state index >= 15 is 0 Å². The van der Waals surface area contributed by atoms with Gasteiger partial charge in [0.1, 0.15) is 0 Å². The van der Waals surface area contributed by atoms with Gasteiger partial charge in [-0.3, -0.25) is 14.7 Å². The Hall–Kier alpha value is -2.93. The zero-order valence-corrected chi connectivity index (χ0v) is 15.1. The van der Waals surface area contributed by atoms with Crippen LogP contribution in [-0.2, 0) is 4.79 Å². The fourth-order valence-electron chi connectivity index (χ4n) is 3.75. The van der Waals surface area contributed by atoms with Crippen LogP contribution in [0.15, 0.2) is 47.4 Å². The van der Waals surface area contributed by atoms with E-state index < -0.39 is 0 Å². The standard InChI is InChI=1S/C20H23N5O2/c26-19(22-14-7-8-15-17(13-14)24-20(27)23-15)9-12-25-11-4-2-6-18(25)16-5-1-3-10-21-16/h1,3,5,7-8,10,13,18H,2,4,6,9,11-12H2,(H,22,26)(H2,23,24,27)/t18-/m0/s1. The summed E-state index contributed by atoms with van der Waals surface area (Å²) in [5.41, 5.74) is 2.93. The number of aromatic nitrogens is 3. The summed E-state index contributed by atoms with van der Waals surface area (Å²) in [6.45, 7) is 1.70. The molecule has 0 radical (unpaired) electrons. The van der Waals surface area contributed by atoms with Crippen molar-refractivity contribution in [3.05, 3.63) is 58.8 Å². The predicted molar refractivity (Wildman–Crippen MR) is 105 cm³/mol. The predicted octanol–water partition coefficient (Wildman–Crippen LogP) is 2.81. The lowest BCUT2D eigenvalue weighted by Gasteiger charge is -2.35. The molecule has 0 bridgehead atoms. The molecule has 1 saturated heterocycles. The van der Waals surface area contributed by atoms with Crippen molar-refractivity contribution >= 4 is 22.6 Å². The third kappa shape index (κ3) is 4.09. The second-order valence-corrected chi connectivity index (χ2v) is 6.94. The normalized spacial score (nSPS) is 17.9. The van der Waals surface area contributed by atoms with Crippen LogP contribution in [0.4, 0.5) is 5.69 Å². The van der Waals surface area contributed by atoms with E-state index in [0.29, 0.717) is 24.2 Å². The van der Waals surface area contributed by atoms with E-state index in [4.69, 9.17) is 0 Å². The van der Waals surface area contributed by atoms with Crippen LogP contribution in [-0.4, -0.2) is 38.8 Å². The molecule has 0 saturated carbocycles. The fraction of sp³-hybridized carbons (Fsp3) is 0.350. The molecule has 3 aromatic rings. The molecule has 0 unspecified atom stereocenters. The number of amides is 1. The number of fused-ring (bicyclic) bond motifs is 1. The van der Waals surface area contributed by atoms with E-state index in [1.54, 1.807) is 18.2 Å². The van der Waals surface area contributed by atoms with Crippen molar-refractivity contribution in [3.8, 4) is 0 Å². The van der Waals surface area contributed by atoms with Crippen molar-refractivity contribution in [3.63, 3.8) is 0 Å². The first-order valence-corrected chi connectivity index (χ1v) is 9.36. The molecule has 7 nitrogen and oxygen atoms in total. The number of carbonyl (C=O) groups excluding carboxylic acids is 1. The van der Waals surface area contributed by atoms with Gasteiger partial charge in [0.05, 0.1) is 22.8 Å². The average Bonchev–Trinajstić information content (AvgIpc) is 3.06. The summed E-state index contributed by atoms with van der Waals surface area (Å²) in [6, 6.07) is 11.6. The van der Waals surface area contributed by atoms with Crippen molar-refractivity contribution in [1.29, 1.82) is 0 Å². The molecule has 0 aliphatic carbocycles. The van der Waals surface area contributed by atoms with Crippen LogP contribution >= 0.6 is 0 Å². The number of imidazole rings is 1. The van der Waals surface area contributed by atoms with Crippen molar-refractivity contribution in [2.45, 2.75) is 31.7 Å². The molecule has 2 aromatic heterocycles. The number of piperidine rings is 1. The molecule has 1 aromatic carbocycles. The lowest BCUT2D eigenvalue weighted by atomic mass is 9.98. The Balaban J connectivity index is 1.37. The molecule has 27 heavy (non-hydrogen) atoms. The monoisotopic (exact) mass is 365 g/mol. The van der Waals surface area contributed by atoms with E-state index in [2.05, 4.69) is 31.2 Å².